The SMILES string of the molecule is O=c1ccc2ccc(-c3ccsc3)cc2n1-c1nc2ccccc2[nH]1. The maximum Gasteiger partial charge on any atom is 0.257 e. The van der Waals surface area contributed by atoms with E-state index in [0.29, 0.717) is 5.95 Å². The van der Waals surface area contributed by atoms with E-state index >= 15 is 0 Å². The van der Waals surface area contributed by atoms with Crippen molar-refractivity contribution in [1.82, 2.24) is 14.5 Å². The molecule has 25 heavy (non-hydrogen) atoms. The molecule has 3 heterocycles. The van der Waals surface area contributed by atoms with Crippen LogP contribution in [0.3, 0.4) is 0 Å². The Kier molecular flexibility index (Phi) is 3.08. The van der Waals surface area contributed by atoms with Crippen molar-refractivity contribution >= 4 is 33.3 Å². The minimum Gasteiger partial charge on any atom is -0.323 e. The molecule has 0 atom stereocenters. The molecule has 0 fully saturated rings. The van der Waals surface area contributed by atoms with E-state index in [-0.39, 0.29) is 5.56 Å². The van der Waals surface area contributed by atoms with Gasteiger partial charge in [0.2, 0.25) is 5.95 Å². The van der Waals surface area contributed by atoms with E-state index in [1.54, 1.807) is 22.0 Å². The van der Waals surface area contributed by atoms with Gasteiger partial charge in [0.25, 0.3) is 5.56 Å². The van der Waals surface area contributed by atoms with Crippen LogP contribution in [0, 0.1) is 0 Å². The minimum atomic E-state index is -0.103. The first-order chi connectivity index (χ1) is 12.3. The van der Waals surface area contributed by atoms with Gasteiger partial charge in [-0.25, -0.2) is 9.55 Å². The van der Waals surface area contributed by atoms with Gasteiger partial charge in [0.15, 0.2) is 0 Å². The number of H-pyrrole nitrogens is 1. The van der Waals surface area contributed by atoms with E-state index < -0.39 is 0 Å². The lowest BCUT2D eigenvalue weighted by molar-refractivity contribution is 0.960. The third-order valence-corrected chi connectivity index (χ3v) is 5.02. The average Bonchev–Trinajstić information content (AvgIpc) is 3.30. The molecule has 0 amide bonds. The van der Waals surface area contributed by atoms with Gasteiger partial charge in [0, 0.05) is 6.07 Å². The van der Waals surface area contributed by atoms with Crippen LogP contribution in [0.4, 0.5) is 0 Å². The lowest BCUT2D eigenvalue weighted by Crippen LogP contribution is -2.18. The molecule has 3 aromatic heterocycles. The van der Waals surface area contributed by atoms with Gasteiger partial charge in [-0.15, -0.1) is 0 Å². The molecule has 4 nitrogen and oxygen atoms in total. The molecule has 5 aromatic rings. The number of pyridine rings is 1. The number of nitrogens with one attached hydrogen (secondary N) is 1. The fourth-order valence-electron chi connectivity index (χ4n) is 3.10. The van der Waals surface area contributed by atoms with Crippen molar-refractivity contribution in [2.45, 2.75) is 0 Å². The van der Waals surface area contributed by atoms with Gasteiger partial charge in [-0.05, 0) is 57.6 Å². The highest BCUT2D eigenvalue weighted by Crippen LogP contribution is 2.26. The van der Waals surface area contributed by atoms with Gasteiger partial charge in [-0.1, -0.05) is 24.3 Å². The second-order valence-corrected chi connectivity index (χ2v) is 6.65. The van der Waals surface area contributed by atoms with Crippen LogP contribution in [-0.4, -0.2) is 14.5 Å². The van der Waals surface area contributed by atoms with Gasteiger partial charge in [0.05, 0.1) is 16.6 Å². The molecule has 5 heteroatoms. The summed E-state index contributed by atoms with van der Waals surface area (Å²) in [5.41, 5.74) is 4.73. The zero-order chi connectivity index (χ0) is 16.8. The molecular weight excluding hydrogens is 330 g/mol. The second-order valence-electron chi connectivity index (χ2n) is 5.87. The molecular formula is C20H13N3OS. The summed E-state index contributed by atoms with van der Waals surface area (Å²) in [6.07, 6.45) is 0. The lowest BCUT2D eigenvalue weighted by atomic mass is 10.1. The molecule has 0 saturated carbocycles. The smallest absolute Gasteiger partial charge is 0.257 e. The van der Waals surface area contributed by atoms with E-state index in [1.807, 2.05) is 42.5 Å². The molecule has 120 valence electrons. The van der Waals surface area contributed by atoms with Crippen molar-refractivity contribution in [2.24, 2.45) is 0 Å². The van der Waals surface area contributed by atoms with E-state index in [4.69, 9.17) is 0 Å². The van der Waals surface area contributed by atoms with Gasteiger partial charge < -0.3 is 4.98 Å². The predicted molar refractivity (Wildman–Crippen MR) is 103 cm³/mol. The van der Waals surface area contributed by atoms with Crippen LogP contribution in [-0.2, 0) is 0 Å². The number of fused-ring (bicyclic) bond motifs is 2. The second kappa shape index (κ2) is 5.43. The van der Waals surface area contributed by atoms with Crippen molar-refractivity contribution in [3.05, 3.63) is 81.8 Å². The van der Waals surface area contributed by atoms with Crippen molar-refractivity contribution in [3.8, 4) is 17.1 Å². The normalized spacial score (nSPS) is 11.4. The first kappa shape index (κ1) is 14.2. The summed E-state index contributed by atoms with van der Waals surface area (Å²) in [4.78, 5) is 20.5. The van der Waals surface area contributed by atoms with Crippen LogP contribution in [0.5, 0.6) is 0 Å². The fourth-order valence-corrected chi connectivity index (χ4v) is 3.77. The van der Waals surface area contributed by atoms with Crippen LogP contribution >= 0.6 is 11.3 Å². The number of rotatable bonds is 2. The van der Waals surface area contributed by atoms with E-state index in [1.165, 1.54) is 0 Å². The van der Waals surface area contributed by atoms with Crippen LogP contribution in [0.1, 0.15) is 0 Å². The number of thiophene rings is 1. The van der Waals surface area contributed by atoms with Crippen molar-refractivity contribution < 1.29 is 0 Å². The van der Waals surface area contributed by atoms with Gasteiger partial charge in [-0.3, -0.25) is 4.79 Å². The molecule has 0 radical (unpaired) electrons. The van der Waals surface area contributed by atoms with Gasteiger partial charge >= 0.3 is 0 Å². The number of imidazole rings is 1. The summed E-state index contributed by atoms with van der Waals surface area (Å²) >= 11 is 1.66. The van der Waals surface area contributed by atoms with Crippen LogP contribution in [0.15, 0.2) is 76.2 Å². The Balaban J connectivity index is 1.82. The predicted octanol–water partition coefficient (Wildman–Crippen LogP) is 4.60. The van der Waals surface area contributed by atoms with Gasteiger partial charge in [0.1, 0.15) is 0 Å². The quantitative estimate of drug-likeness (QED) is 0.509. The molecule has 0 bridgehead atoms. The molecule has 0 aliphatic heterocycles. The average molecular weight is 343 g/mol. The Labute approximate surface area is 147 Å². The van der Waals surface area contributed by atoms with Crippen molar-refractivity contribution in [2.75, 3.05) is 0 Å². The first-order valence-electron chi connectivity index (χ1n) is 7.93. The summed E-state index contributed by atoms with van der Waals surface area (Å²) in [6, 6.07) is 19.5. The maximum atomic E-state index is 12.6. The lowest BCUT2D eigenvalue weighted by Gasteiger charge is -2.08. The van der Waals surface area contributed by atoms with Crippen molar-refractivity contribution in [3.63, 3.8) is 0 Å². The summed E-state index contributed by atoms with van der Waals surface area (Å²) in [7, 11) is 0. The van der Waals surface area contributed by atoms with Crippen LogP contribution in [0.2, 0.25) is 0 Å². The summed E-state index contributed by atoms with van der Waals surface area (Å²) in [5.74, 6) is 0.541. The Morgan fingerprint density at radius 3 is 2.68 bits per heavy atom. The number of aromatic nitrogens is 3. The Hall–Kier alpha value is -3.18. The number of para-hydroxylation sites is 2. The number of nitrogens with zero attached hydrogens (tertiary/aromatic N) is 2. The Morgan fingerprint density at radius 1 is 0.960 bits per heavy atom. The zero-order valence-electron chi connectivity index (χ0n) is 13.1. The third-order valence-electron chi connectivity index (χ3n) is 4.34. The summed E-state index contributed by atoms with van der Waals surface area (Å²) < 4.78 is 1.64. The molecule has 0 aliphatic carbocycles. The monoisotopic (exact) mass is 343 g/mol. The molecule has 1 N–H and O–H groups in total. The zero-order valence-corrected chi connectivity index (χ0v) is 14.0. The maximum absolute atomic E-state index is 12.6. The molecule has 0 spiro atoms. The van der Waals surface area contributed by atoms with Crippen LogP contribution in [0.25, 0.3) is 39.0 Å². The van der Waals surface area contributed by atoms with Gasteiger partial charge in [-0.2, -0.15) is 11.3 Å². The third kappa shape index (κ3) is 2.28. The molecule has 0 unspecified atom stereocenters. The minimum absolute atomic E-state index is 0.103. The molecule has 5 rings (SSSR count). The van der Waals surface area contributed by atoms with Crippen LogP contribution < -0.4 is 5.56 Å². The largest absolute Gasteiger partial charge is 0.323 e. The van der Waals surface area contributed by atoms with E-state index in [2.05, 4.69) is 32.9 Å². The molecule has 2 aromatic carbocycles. The number of aromatic amines is 1. The van der Waals surface area contributed by atoms with E-state index in [0.717, 1.165) is 33.1 Å². The van der Waals surface area contributed by atoms with E-state index in [9.17, 15) is 4.79 Å². The topological polar surface area (TPSA) is 50.7 Å². The first-order valence-corrected chi connectivity index (χ1v) is 8.87. The number of benzene rings is 2. The fraction of sp³-hybridized carbons (Fsp3) is 0. The summed E-state index contributed by atoms with van der Waals surface area (Å²) in [5, 5.41) is 5.16. The number of hydrogen-bond acceptors (Lipinski definition) is 3. The standard InChI is InChI=1S/C20H13N3OS/c24-19-8-7-13-5-6-14(15-9-10-25-12-15)11-18(13)23(19)20-21-16-3-1-2-4-17(16)22-20/h1-12H,(H,21,22). The highest BCUT2D eigenvalue weighted by atomic mass is 32.1. The Bertz CT molecular complexity index is 1230. The highest BCUT2D eigenvalue weighted by Gasteiger charge is 2.11. The van der Waals surface area contributed by atoms with Crippen molar-refractivity contribution in [1.29, 1.82) is 0 Å². The number of hydrogen-bond donors (Lipinski definition) is 1. The molecule has 0 aliphatic rings. The highest BCUT2D eigenvalue weighted by molar-refractivity contribution is 7.08. The molecule has 0 saturated heterocycles. The Morgan fingerprint density at radius 2 is 1.84 bits per heavy atom. The summed E-state index contributed by atoms with van der Waals surface area (Å²) in [6.45, 7) is 0.